The predicted molar refractivity (Wildman–Crippen MR) is 79.2 cm³/mol. The Bertz CT molecular complexity index is 779. The van der Waals surface area contributed by atoms with Crippen LogP contribution in [0.25, 0.3) is 22.4 Å². The fourth-order valence-electron chi connectivity index (χ4n) is 1.71. The van der Waals surface area contributed by atoms with Crippen LogP contribution in [0.4, 0.5) is 0 Å². The number of thiophene rings is 1. The lowest BCUT2D eigenvalue weighted by Gasteiger charge is -1.89. The average molecular weight is 332 g/mol. The molecule has 22 heavy (non-hydrogen) atoms. The van der Waals surface area contributed by atoms with E-state index in [1.54, 1.807) is 29.7 Å². The summed E-state index contributed by atoms with van der Waals surface area (Å²) in [5, 5.41) is 14.3. The Morgan fingerprint density at radius 3 is 3.00 bits per heavy atom. The highest BCUT2D eigenvalue weighted by molar-refractivity contribution is 7.98. The van der Waals surface area contributed by atoms with Crippen molar-refractivity contribution in [1.82, 2.24) is 20.3 Å². The van der Waals surface area contributed by atoms with Crippen molar-refractivity contribution in [3.05, 3.63) is 41.8 Å². The SMILES string of the molecule is c1coc(-c2noc(CSc3nnc(-c4cccs4)o3)n2)c1. The van der Waals surface area contributed by atoms with Crippen molar-refractivity contribution >= 4 is 23.1 Å². The van der Waals surface area contributed by atoms with Crippen LogP contribution in [0.2, 0.25) is 0 Å². The Balaban J connectivity index is 1.43. The van der Waals surface area contributed by atoms with Gasteiger partial charge in [-0.3, -0.25) is 0 Å². The predicted octanol–water partition coefficient (Wildman–Crippen LogP) is 3.73. The maximum absolute atomic E-state index is 5.57. The summed E-state index contributed by atoms with van der Waals surface area (Å²) in [5.74, 6) is 2.41. The number of aromatic nitrogens is 4. The first kappa shape index (κ1) is 13.3. The van der Waals surface area contributed by atoms with Crippen LogP contribution in [0.3, 0.4) is 0 Å². The molecule has 9 heteroatoms. The molecule has 0 radical (unpaired) electrons. The lowest BCUT2D eigenvalue weighted by molar-refractivity contribution is 0.389. The molecule has 0 spiro atoms. The molecule has 0 unspecified atom stereocenters. The third-order valence-corrected chi connectivity index (χ3v) is 4.33. The molecule has 7 nitrogen and oxygen atoms in total. The molecule has 0 aliphatic rings. The monoisotopic (exact) mass is 332 g/mol. The van der Waals surface area contributed by atoms with Crippen LogP contribution in [0.5, 0.6) is 0 Å². The van der Waals surface area contributed by atoms with Crippen LogP contribution in [-0.4, -0.2) is 20.3 Å². The first-order valence-corrected chi connectivity index (χ1v) is 8.11. The van der Waals surface area contributed by atoms with Crippen molar-refractivity contribution < 1.29 is 13.4 Å². The Kier molecular flexibility index (Phi) is 3.49. The molecule has 0 N–H and O–H groups in total. The first-order valence-electron chi connectivity index (χ1n) is 6.25. The molecular formula is C13H8N4O3S2. The van der Waals surface area contributed by atoms with Gasteiger partial charge < -0.3 is 13.4 Å². The summed E-state index contributed by atoms with van der Waals surface area (Å²) in [6.07, 6.45) is 1.56. The molecule has 0 aliphatic heterocycles. The van der Waals surface area contributed by atoms with E-state index in [4.69, 9.17) is 13.4 Å². The Labute approximate surface area is 132 Å². The second kappa shape index (κ2) is 5.78. The van der Waals surface area contributed by atoms with E-state index in [1.807, 2.05) is 17.5 Å². The minimum Gasteiger partial charge on any atom is -0.461 e. The van der Waals surface area contributed by atoms with E-state index in [-0.39, 0.29) is 0 Å². The van der Waals surface area contributed by atoms with Crippen LogP contribution in [0.15, 0.2) is 54.5 Å². The Morgan fingerprint density at radius 2 is 2.18 bits per heavy atom. The third kappa shape index (κ3) is 2.68. The van der Waals surface area contributed by atoms with Crippen molar-refractivity contribution in [2.24, 2.45) is 0 Å². The zero-order valence-electron chi connectivity index (χ0n) is 11.0. The summed E-state index contributed by atoms with van der Waals surface area (Å²) in [7, 11) is 0. The van der Waals surface area contributed by atoms with E-state index < -0.39 is 0 Å². The number of rotatable bonds is 5. The molecule has 0 saturated heterocycles. The maximum Gasteiger partial charge on any atom is 0.277 e. The highest BCUT2D eigenvalue weighted by atomic mass is 32.2. The lowest BCUT2D eigenvalue weighted by Crippen LogP contribution is -1.81. The molecule has 0 aromatic carbocycles. The van der Waals surface area contributed by atoms with Crippen LogP contribution in [0, 0.1) is 0 Å². The van der Waals surface area contributed by atoms with E-state index >= 15 is 0 Å². The van der Waals surface area contributed by atoms with Crippen LogP contribution < -0.4 is 0 Å². The molecular weight excluding hydrogens is 324 g/mol. The van der Waals surface area contributed by atoms with E-state index in [2.05, 4.69) is 20.3 Å². The largest absolute Gasteiger partial charge is 0.461 e. The molecule has 4 heterocycles. The van der Waals surface area contributed by atoms with Gasteiger partial charge >= 0.3 is 0 Å². The highest BCUT2D eigenvalue weighted by Gasteiger charge is 2.14. The van der Waals surface area contributed by atoms with E-state index in [9.17, 15) is 0 Å². The van der Waals surface area contributed by atoms with E-state index in [0.29, 0.717) is 34.3 Å². The number of hydrogen-bond acceptors (Lipinski definition) is 9. The van der Waals surface area contributed by atoms with Gasteiger partial charge in [0, 0.05) is 0 Å². The molecule has 4 rings (SSSR count). The molecule has 0 fully saturated rings. The van der Waals surface area contributed by atoms with Crippen LogP contribution in [-0.2, 0) is 5.75 Å². The minimum absolute atomic E-state index is 0.422. The number of nitrogens with zero attached hydrogens (tertiary/aromatic N) is 4. The molecule has 0 saturated carbocycles. The number of thioether (sulfide) groups is 1. The summed E-state index contributed by atoms with van der Waals surface area (Å²) in [6.45, 7) is 0. The Hall–Kier alpha value is -2.39. The summed E-state index contributed by atoms with van der Waals surface area (Å²) in [5.41, 5.74) is 0. The van der Waals surface area contributed by atoms with Crippen molar-refractivity contribution in [3.8, 4) is 22.4 Å². The van der Waals surface area contributed by atoms with Gasteiger partial charge in [-0.2, -0.15) is 4.98 Å². The second-order valence-corrected chi connectivity index (χ2v) is 6.00. The fraction of sp³-hybridized carbons (Fsp3) is 0.0769. The van der Waals surface area contributed by atoms with Crippen molar-refractivity contribution in [1.29, 1.82) is 0 Å². The van der Waals surface area contributed by atoms with Crippen molar-refractivity contribution in [2.75, 3.05) is 0 Å². The van der Waals surface area contributed by atoms with Gasteiger partial charge in [0.2, 0.25) is 11.7 Å². The van der Waals surface area contributed by atoms with Gasteiger partial charge in [-0.05, 0) is 23.6 Å². The fourth-order valence-corrected chi connectivity index (χ4v) is 2.96. The maximum atomic E-state index is 5.57. The Morgan fingerprint density at radius 1 is 1.18 bits per heavy atom. The van der Waals surface area contributed by atoms with E-state index in [0.717, 1.165) is 4.88 Å². The average Bonchev–Trinajstić information content (AvgIpc) is 3.33. The van der Waals surface area contributed by atoms with Crippen LogP contribution >= 0.6 is 23.1 Å². The molecule has 110 valence electrons. The molecule has 0 aliphatic carbocycles. The van der Waals surface area contributed by atoms with Gasteiger partial charge in [0.1, 0.15) is 0 Å². The van der Waals surface area contributed by atoms with Gasteiger partial charge in [0.15, 0.2) is 5.76 Å². The number of hydrogen-bond donors (Lipinski definition) is 0. The molecule has 0 amide bonds. The smallest absolute Gasteiger partial charge is 0.277 e. The summed E-state index contributed by atoms with van der Waals surface area (Å²) in [4.78, 5) is 5.19. The standard InChI is InChI=1S/C13H8N4O3S2/c1-3-8(18-5-1)11-14-10(20-17-11)7-22-13-16-15-12(19-13)9-4-2-6-21-9/h1-6H,7H2. The third-order valence-electron chi connectivity index (χ3n) is 2.67. The summed E-state index contributed by atoms with van der Waals surface area (Å²) in [6, 6.07) is 7.41. The number of furan rings is 1. The normalized spacial score (nSPS) is 11.1. The second-order valence-electron chi connectivity index (χ2n) is 4.13. The zero-order chi connectivity index (χ0) is 14.8. The molecule has 0 atom stereocenters. The topological polar surface area (TPSA) is 91.0 Å². The summed E-state index contributed by atoms with van der Waals surface area (Å²) < 4.78 is 15.9. The van der Waals surface area contributed by atoms with Crippen LogP contribution in [0.1, 0.15) is 5.89 Å². The summed E-state index contributed by atoms with van der Waals surface area (Å²) >= 11 is 2.89. The van der Waals surface area contributed by atoms with Gasteiger partial charge in [-0.15, -0.1) is 21.5 Å². The zero-order valence-corrected chi connectivity index (χ0v) is 12.6. The van der Waals surface area contributed by atoms with Gasteiger partial charge in [0.25, 0.3) is 11.1 Å². The molecule has 4 aromatic rings. The molecule has 4 aromatic heterocycles. The lowest BCUT2D eigenvalue weighted by atomic mass is 10.4. The van der Waals surface area contributed by atoms with Gasteiger partial charge in [0.05, 0.1) is 16.9 Å². The van der Waals surface area contributed by atoms with Crippen molar-refractivity contribution in [3.63, 3.8) is 0 Å². The van der Waals surface area contributed by atoms with E-state index in [1.165, 1.54) is 11.8 Å². The first-order chi connectivity index (χ1) is 10.9. The highest BCUT2D eigenvalue weighted by Crippen LogP contribution is 2.28. The minimum atomic E-state index is 0.422. The molecule has 0 bridgehead atoms. The van der Waals surface area contributed by atoms with Gasteiger partial charge in [-0.1, -0.05) is 23.0 Å². The van der Waals surface area contributed by atoms with Gasteiger partial charge in [-0.25, -0.2) is 0 Å². The van der Waals surface area contributed by atoms with Crippen molar-refractivity contribution in [2.45, 2.75) is 11.0 Å². The quantitative estimate of drug-likeness (QED) is 0.510.